The summed E-state index contributed by atoms with van der Waals surface area (Å²) in [6.07, 6.45) is -2.26. The topological polar surface area (TPSA) is 48.9 Å². The maximum atomic E-state index is 13.6. The Morgan fingerprint density at radius 2 is 1.96 bits per heavy atom. The summed E-state index contributed by atoms with van der Waals surface area (Å²) in [7, 11) is 0. The number of rotatable bonds is 5. The zero-order valence-corrected chi connectivity index (χ0v) is 17.6. The minimum atomic E-state index is -4.41. The van der Waals surface area contributed by atoms with Crippen LogP contribution >= 0.6 is 24.0 Å². The second-order valence-electron chi connectivity index (χ2n) is 6.55. The van der Waals surface area contributed by atoms with E-state index in [1.54, 1.807) is 6.07 Å². The summed E-state index contributed by atoms with van der Waals surface area (Å²) < 4.78 is 46.0. The van der Waals surface area contributed by atoms with E-state index in [1.165, 1.54) is 12.1 Å². The molecule has 0 bridgehead atoms. The molecule has 27 heavy (non-hydrogen) atoms. The smallest absolute Gasteiger partial charge is 0.378 e. The first kappa shape index (κ1) is 22.1. The van der Waals surface area contributed by atoms with Crippen molar-refractivity contribution < 1.29 is 17.9 Å². The molecule has 1 aliphatic carbocycles. The van der Waals surface area contributed by atoms with Crippen molar-refractivity contribution in [3.8, 4) is 0 Å². The van der Waals surface area contributed by atoms with Gasteiger partial charge in [0.25, 0.3) is 0 Å². The summed E-state index contributed by atoms with van der Waals surface area (Å²) in [5.74, 6) is 0.570. The number of halogens is 4. The highest BCUT2D eigenvalue weighted by Crippen LogP contribution is 2.35. The van der Waals surface area contributed by atoms with E-state index in [2.05, 4.69) is 15.6 Å². The number of hydrogen-bond donors (Lipinski definition) is 2. The van der Waals surface area contributed by atoms with Crippen LogP contribution < -0.4 is 15.5 Å². The quantitative estimate of drug-likeness (QED) is 0.372. The van der Waals surface area contributed by atoms with Crippen LogP contribution in [0.4, 0.5) is 18.9 Å². The molecule has 1 aromatic rings. The number of hydrogen-bond acceptors (Lipinski definition) is 3. The number of nitrogens with zero attached hydrogens (tertiary/aromatic N) is 2. The van der Waals surface area contributed by atoms with Crippen LogP contribution in [0.2, 0.25) is 0 Å². The molecule has 1 saturated carbocycles. The van der Waals surface area contributed by atoms with E-state index in [0.29, 0.717) is 50.5 Å². The highest BCUT2D eigenvalue weighted by molar-refractivity contribution is 14.0. The van der Waals surface area contributed by atoms with Gasteiger partial charge in [-0.25, -0.2) is 4.99 Å². The second-order valence-corrected chi connectivity index (χ2v) is 6.55. The van der Waals surface area contributed by atoms with Crippen molar-refractivity contribution in [3.63, 3.8) is 0 Å². The van der Waals surface area contributed by atoms with Crippen molar-refractivity contribution >= 4 is 35.6 Å². The maximum Gasteiger partial charge on any atom is 0.416 e. The Hall–Kier alpha value is -1.23. The molecule has 0 unspecified atom stereocenters. The SMILES string of the molecule is CCNC(=NCc1ccc(N2CCOCC2)cc1C(F)(F)F)NC1CC1.I. The summed E-state index contributed by atoms with van der Waals surface area (Å²) in [5.41, 5.74) is 0.145. The molecule has 1 aliphatic heterocycles. The van der Waals surface area contributed by atoms with Gasteiger partial charge in [-0.05, 0) is 37.5 Å². The zero-order valence-electron chi connectivity index (χ0n) is 15.3. The molecular weight excluding hydrogens is 472 g/mol. The van der Waals surface area contributed by atoms with E-state index in [9.17, 15) is 13.2 Å². The molecule has 2 fully saturated rings. The summed E-state index contributed by atoms with van der Waals surface area (Å²) in [6.45, 7) is 4.86. The Bertz CT molecular complexity index is 644. The van der Waals surface area contributed by atoms with Crippen LogP contribution in [-0.4, -0.2) is 44.8 Å². The third-order valence-corrected chi connectivity index (χ3v) is 4.45. The van der Waals surface area contributed by atoms with Gasteiger partial charge in [-0.3, -0.25) is 0 Å². The second kappa shape index (κ2) is 9.81. The minimum Gasteiger partial charge on any atom is -0.378 e. The highest BCUT2D eigenvalue weighted by Gasteiger charge is 2.34. The minimum absolute atomic E-state index is 0. The van der Waals surface area contributed by atoms with E-state index in [4.69, 9.17) is 4.74 Å². The first-order valence-electron chi connectivity index (χ1n) is 9.05. The molecule has 2 aliphatic rings. The lowest BCUT2D eigenvalue weighted by Gasteiger charge is -2.29. The number of aliphatic imine (C=N–C) groups is 1. The van der Waals surface area contributed by atoms with Crippen LogP contribution in [0.3, 0.4) is 0 Å². The lowest BCUT2D eigenvalue weighted by Crippen LogP contribution is -2.38. The van der Waals surface area contributed by atoms with Crippen molar-refractivity contribution in [2.75, 3.05) is 37.7 Å². The summed E-state index contributed by atoms with van der Waals surface area (Å²) in [5, 5.41) is 6.30. The van der Waals surface area contributed by atoms with Crippen molar-refractivity contribution in [3.05, 3.63) is 29.3 Å². The fraction of sp³-hybridized carbons (Fsp3) is 0.611. The average Bonchev–Trinajstić information content (AvgIpc) is 3.44. The first-order chi connectivity index (χ1) is 12.5. The lowest BCUT2D eigenvalue weighted by molar-refractivity contribution is -0.138. The van der Waals surface area contributed by atoms with Crippen LogP contribution in [0, 0.1) is 0 Å². The van der Waals surface area contributed by atoms with Gasteiger partial charge in [0.1, 0.15) is 0 Å². The van der Waals surface area contributed by atoms with Crippen molar-refractivity contribution in [2.45, 2.75) is 38.5 Å². The number of alkyl halides is 3. The van der Waals surface area contributed by atoms with E-state index >= 15 is 0 Å². The molecule has 1 aromatic carbocycles. The molecule has 152 valence electrons. The van der Waals surface area contributed by atoms with Crippen LogP contribution in [0.15, 0.2) is 23.2 Å². The molecule has 5 nitrogen and oxygen atoms in total. The van der Waals surface area contributed by atoms with Crippen LogP contribution in [0.1, 0.15) is 30.9 Å². The predicted octanol–water partition coefficient (Wildman–Crippen LogP) is 3.38. The Balaban J connectivity index is 0.00000261. The van der Waals surface area contributed by atoms with Gasteiger partial charge in [0, 0.05) is 31.4 Å². The number of nitrogens with one attached hydrogen (secondary N) is 2. The molecule has 0 radical (unpaired) electrons. The fourth-order valence-electron chi connectivity index (χ4n) is 2.89. The van der Waals surface area contributed by atoms with Gasteiger partial charge in [-0.2, -0.15) is 13.2 Å². The Labute approximate surface area is 174 Å². The van der Waals surface area contributed by atoms with Gasteiger partial charge in [-0.1, -0.05) is 6.07 Å². The number of guanidine groups is 1. The summed E-state index contributed by atoms with van der Waals surface area (Å²) >= 11 is 0. The number of anilines is 1. The molecule has 0 spiro atoms. The third-order valence-electron chi connectivity index (χ3n) is 4.45. The first-order valence-corrected chi connectivity index (χ1v) is 9.05. The van der Waals surface area contributed by atoms with Crippen LogP contribution in [0.5, 0.6) is 0 Å². The van der Waals surface area contributed by atoms with E-state index in [-0.39, 0.29) is 36.1 Å². The molecule has 9 heteroatoms. The molecule has 1 heterocycles. The largest absolute Gasteiger partial charge is 0.416 e. The van der Waals surface area contributed by atoms with Gasteiger partial charge < -0.3 is 20.3 Å². The monoisotopic (exact) mass is 498 g/mol. The van der Waals surface area contributed by atoms with Crippen molar-refractivity contribution in [1.29, 1.82) is 0 Å². The average molecular weight is 498 g/mol. The Morgan fingerprint density at radius 3 is 2.56 bits per heavy atom. The van der Waals surface area contributed by atoms with E-state index in [1.807, 2.05) is 11.8 Å². The number of morpholine rings is 1. The molecular formula is C18H26F3IN4O. The van der Waals surface area contributed by atoms with Gasteiger partial charge in [0.2, 0.25) is 0 Å². The Morgan fingerprint density at radius 1 is 1.26 bits per heavy atom. The van der Waals surface area contributed by atoms with Gasteiger partial charge in [-0.15, -0.1) is 24.0 Å². The number of benzene rings is 1. The van der Waals surface area contributed by atoms with Gasteiger partial charge >= 0.3 is 6.18 Å². The van der Waals surface area contributed by atoms with Gasteiger partial charge in [0.15, 0.2) is 5.96 Å². The Kier molecular flexibility index (Phi) is 8.02. The van der Waals surface area contributed by atoms with E-state index in [0.717, 1.165) is 12.8 Å². The van der Waals surface area contributed by atoms with Crippen LogP contribution in [0.25, 0.3) is 0 Å². The molecule has 2 N–H and O–H groups in total. The van der Waals surface area contributed by atoms with E-state index < -0.39 is 11.7 Å². The molecule has 0 aromatic heterocycles. The van der Waals surface area contributed by atoms with Crippen LogP contribution in [-0.2, 0) is 17.5 Å². The summed E-state index contributed by atoms with van der Waals surface area (Å²) in [4.78, 5) is 6.26. The molecule has 1 saturated heterocycles. The molecule has 3 rings (SSSR count). The standard InChI is InChI=1S/C18H25F3N4O.HI/c1-2-22-17(24-14-4-5-14)23-12-13-3-6-15(11-16(13)18(19,20)21)25-7-9-26-10-8-25;/h3,6,11,14H,2,4-5,7-10,12H2,1H3,(H2,22,23,24);1H. The van der Waals surface area contributed by atoms with Gasteiger partial charge in [0.05, 0.1) is 25.3 Å². The normalized spacial score (nSPS) is 18.1. The lowest BCUT2D eigenvalue weighted by atomic mass is 10.1. The highest BCUT2D eigenvalue weighted by atomic mass is 127. The molecule has 0 amide bonds. The maximum absolute atomic E-state index is 13.6. The zero-order chi connectivity index (χ0) is 18.6. The fourth-order valence-corrected chi connectivity index (χ4v) is 2.89. The predicted molar refractivity (Wildman–Crippen MR) is 111 cm³/mol. The summed E-state index contributed by atoms with van der Waals surface area (Å²) in [6, 6.07) is 4.90. The number of ether oxygens (including phenoxy) is 1. The van der Waals surface area contributed by atoms with Crippen molar-refractivity contribution in [1.82, 2.24) is 10.6 Å². The third kappa shape index (κ3) is 6.41. The van der Waals surface area contributed by atoms with Crippen molar-refractivity contribution in [2.24, 2.45) is 4.99 Å². The molecule has 0 atom stereocenters.